The normalized spacial score (nSPS) is 11.1. The molecule has 0 aliphatic carbocycles. The maximum atomic E-state index is 13.9. The van der Waals surface area contributed by atoms with Crippen molar-refractivity contribution < 1.29 is 18.7 Å². The van der Waals surface area contributed by atoms with Crippen LogP contribution in [0, 0.1) is 5.82 Å². The smallest absolute Gasteiger partial charge is 0.420 e. The van der Waals surface area contributed by atoms with E-state index in [1.165, 1.54) is 29.1 Å². The molecule has 0 fully saturated rings. The molecule has 2 aromatic carbocycles. The van der Waals surface area contributed by atoms with Gasteiger partial charge in [-0.1, -0.05) is 18.2 Å². The fourth-order valence-electron chi connectivity index (χ4n) is 2.91. The van der Waals surface area contributed by atoms with Crippen molar-refractivity contribution in [2.24, 2.45) is 0 Å². The van der Waals surface area contributed by atoms with Gasteiger partial charge in [-0.3, -0.25) is 4.79 Å². The second-order valence-electron chi connectivity index (χ2n) is 8.08. The lowest BCUT2D eigenvalue weighted by molar-refractivity contribution is 0.0532. The van der Waals surface area contributed by atoms with E-state index in [0.29, 0.717) is 17.9 Å². The van der Waals surface area contributed by atoms with Gasteiger partial charge in [-0.25, -0.2) is 18.7 Å². The second kappa shape index (κ2) is 8.99. The summed E-state index contributed by atoms with van der Waals surface area (Å²) in [4.78, 5) is 30.7. The molecule has 1 heterocycles. The first-order valence-electron chi connectivity index (χ1n) is 9.76. The molecule has 0 aliphatic heterocycles. The minimum atomic E-state index is -0.616. The molecular formula is C23H25FN4O3. The van der Waals surface area contributed by atoms with Crippen molar-refractivity contribution in [2.45, 2.75) is 32.9 Å². The topological polar surface area (TPSA) is 76.5 Å². The molecule has 8 heteroatoms. The van der Waals surface area contributed by atoms with Crippen molar-refractivity contribution in [2.75, 3.05) is 17.3 Å². The molecule has 0 radical (unpaired) electrons. The summed E-state index contributed by atoms with van der Waals surface area (Å²) in [5, 5.41) is 2.71. The summed E-state index contributed by atoms with van der Waals surface area (Å²) >= 11 is 0. The van der Waals surface area contributed by atoms with E-state index in [4.69, 9.17) is 4.74 Å². The quantitative estimate of drug-likeness (QED) is 0.643. The number of hydrogen-bond donors (Lipinski definition) is 1. The van der Waals surface area contributed by atoms with E-state index in [2.05, 4.69) is 10.3 Å². The van der Waals surface area contributed by atoms with Gasteiger partial charge in [0.2, 0.25) is 0 Å². The predicted molar refractivity (Wildman–Crippen MR) is 117 cm³/mol. The lowest BCUT2D eigenvalue weighted by Gasteiger charge is -2.22. The molecule has 0 spiro atoms. The van der Waals surface area contributed by atoms with Crippen molar-refractivity contribution >= 4 is 23.4 Å². The molecule has 3 aromatic rings. The summed E-state index contributed by atoms with van der Waals surface area (Å²) in [7, 11) is 1.85. The van der Waals surface area contributed by atoms with Crippen LogP contribution in [0.4, 0.5) is 20.6 Å². The molecule has 0 saturated heterocycles. The lowest BCUT2D eigenvalue weighted by atomic mass is 10.2. The Balaban J connectivity index is 1.72. The average molecular weight is 424 g/mol. The summed E-state index contributed by atoms with van der Waals surface area (Å²) in [6, 6.07) is 13.0. The van der Waals surface area contributed by atoms with Crippen LogP contribution in [0.25, 0.3) is 0 Å². The van der Waals surface area contributed by atoms with E-state index < -0.39 is 23.4 Å². The molecule has 7 nitrogen and oxygen atoms in total. The first kappa shape index (κ1) is 22.0. The Morgan fingerprint density at radius 1 is 1.16 bits per heavy atom. The number of aromatic nitrogens is 2. The number of rotatable bonds is 5. The Kier molecular flexibility index (Phi) is 6.39. The van der Waals surface area contributed by atoms with Crippen LogP contribution in [0.2, 0.25) is 0 Å². The zero-order chi connectivity index (χ0) is 22.6. The molecule has 1 N–H and O–H groups in total. The summed E-state index contributed by atoms with van der Waals surface area (Å²) in [5.41, 5.74) is 1.33. The number of anilines is 2. The molecule has 0 unspecified atom stereocenters. The molecule has 1 aromatic heterocycles. The van der Waals surface area contributed by atoms with Crippen LogP contribution in [-0.2, 0) is 11.3 Å². The number of nitrogens with one attached hydrogen (secondary N) is 1. The standard InChI is InChI=1S/C23H25FN4O3/c1-23(2,3)31-22(30)28-15-25-13-18(28)14-27(4)17-9-7-8-16(12-17)26-21(29)19-10-5-6-11-20(19)24/h5-13,15H,14H2,1-4H3,(H,26,29). The van der Waals surface area contributed by atoms with E-state index in [1.54, 1.807) is 51.2 Å². The van der Waals surface area contributed by atoms with E-state index in [9.17, 15) is 14.0 Å². The summed E-state index contributed by atoms with van der Waals surface area (Å²) in [6.07, 6.45) is 2.52. The number of hydrogen-bond acceptors (Lipinski definition) is 5. The third kappa shape index (κ3) is 5.69. The van der Waals surface area contributed by atoms with Crippen LogP contribution < -0.4 is 10.2 Å². The molecular weight excluding hydrogens is 399 g/mol. The summed E-state index contributed by atoms with van der Waals surface area (Å²) in [5.74, 6) is -1.11. The zero-order valence-corrected chi connectivity index (χ0v) is 17.9. The Hall–Kier alpha value is -3.68. The van der Waals surface area contributed by atoms with Gasteiger partial charge in [-0.2, -0.15) is 0 Å². The fraction of sp³-hybridized carbons (Fsp3) is 0.261. The van der Waals surface area contributed by atoms with Crippen LogP contribution in [0.1, 0.15) is 36.8 Å². The van der Waals surface area contributed by atoms with Gasteiger partial charge in [0.05, 0.1) is 24.0 Å². The number of carbonyl (C=O) groups excluding carboxylic acids is 2. The maximum Gasteiger partial charge on any atom is 0.420 e. The number of benzene rings is 2. The Bertz CT molecular complexity index is 1090. The second-order valence-corrected chi connectivity index (χ2v) is 8.08. The highest BCUT2D eigenvalue weighted by Crippen LogP contribution is 2.21. The summed E-state index contributed by atoms with van der Waals surface area (Å²) < 4.78 is 20.6. The number of nitrogens with zero attached hydrogens (tertiary/aromatic N) is 3. The molecule has 0 bridgehead atoms. The monoisotopic (exact) mass is 424 g/mol. The molecule has 0 aliphatic rings. The van der Waals surface area contributed by atoms with Crippen LogP contribution in [0.3, 0.4) is 0 Å². The maximum absolute atomic E-state index is 13.9. The summed E-state index contributed by atoms with van der Waals surface area (Å²) in [6.45, 7) is 5.78. The van der Waals surface area contributed by atoms with Crippen molar-refractivity contribution in [3.05, 3.63) is 78.1 Å². The Morgan fingerprint density at radius 3 is 2.61 bits per heavy atom. The third-order valence-corrected chi connectivity index (χ3v) is 4.37. The zero-order valence-electron chi connectivity index (χ0n) is 17.9. The van der Waals surface area contributed by atoms with Gasteiger partial charge >= 0.3 is 6.09 Å². The SMILES string of the molecule is CN(Cc1cncn1C(=O)OC(C)(C)C)c1cccc(NC(=O)c2ccccc2F)c1. The minimum Gasteiger partial charge on any atom is -0.443 e. The average Bonchev–Trinajstić information content (AvgIpc) is 3.15. The minimum absolute atomic E-state index is 0.0254. The van der Waals surface area contributed by atoms with Crippen LogP contribution in [0.5, 0.6) is 0 Å². The van der Waals surface area contributed by atoms with Crippen molar-refractivity contribution in [3.8, 4) is 0 Å². The highest BCUT2D eigenvalue weighted by molar-refractivity contribution is 6.04. The van der Waals surface area contributed by atoms with E-state index in [-0.39, 0.29) is 5.56 Å². The van der Waals surface area contributed by atoms with Gasteiger partial charge in [0, 0.05) is 18.4 Å². The van der Waals surface area contributed by atoms with Gasteiger partial charge in [0.15, 0.2) is 0 Å². The lowest BCUT2D eigenvalue weighted by Crippen LogP contribution is -2.29. The third-order valence-electron chi connectivity index (χ3n) is 4.37. The van der Waals surface area contributed by atoms with Crippen LogP contribution >= 0.6 is 0 Å². The number of imidazole rings is 1. The largest absolute Gasteiger partial charge is 0.443 e. The highest BCUT2D eigenvalue weighted by Gasteiger charge is 2.20. The molecule has 162 valence electrons. The van der Waals surface area contributed by atoms with Crippen LogP contribution in [-0.4, -0.2) is 34.2 Å². The number of amides is 1. The molecule has 31 heavy (non-hydrogen) atoms. The van der Waals surface area contributed by atoms with E-state index >= 15 is 0 Å². The molecule has 1 amide bonds. The molecule has 0 saturated carbocycles. The first-order chi connectivity index (χ1) is 14.6. The number of halogens is 1. The highest BCUT2D eigenvalue weighted by atomic mass is 19.1. The fourth-order valence-corrected chi connectivity index (χ4v) is 2.91. The Labute approximate surface area is 180 Å². The van der Waals surface area contributed by atoms with Gasteiger partial charge in [-0.15, -0.1) is 0 Å². The number of ether oxygens (including phenoxy) is 1. The number of carbonyl (C=O) groups is 2. The van der Waals surface area contributed by atoms with Crippen molar-refractivity contribution in [3.63, 3.8) is 0 Å². The van der Waals surface area contributed by atoms with Gasteiger partial charge in [-0.05, 0) is 51.1 Å². The van der Waals surface area contributed by atoms with E-state index in [1.807, 2.05) is 18.0 Å². The van der Waals surface area contributed by atoms with Crippen molar-refractivity contribution in [1.82, 2.24) is 9.55 Å². The predicted octanol–water partition coefficient (Wildman–Crippen LogP) is 4.69. The van der Waals surface area contributed by atoms with Gasteiger partial charge < -0.3 is 15.0 Å². The molecule has 0 atom stereocenters. The first-order valence-corrected chi connectivity index (χ1v) is 9.76. The molecule has 3 rings (SSSR count). The van der Waals surface area contributed by atoms with Gasteiger partial charge in [0.1, 0.15) is 17.7 Å². The van der Waals surface area contributed by atoms with Gasteiger partial charge in [0.25, 0.3) is 5.91 Å². The van der Waals surface area contributed by atoms with E-state index in [0.717, 1.165) is 5.69 Å². The Morgan fingerprint density at radius 2 is 1.90 bits per heavy atom. The van der Waals surface area contributed by atoms with Crippen LogP contribution in [0.15, 0.2) is 61.1 Å². The van der Waals surface area contributed by atoms with Crippen molar-refractivity contribution in [1.29, 1.82) is 0 Å².